The van der Waals surface area contributed by atoms with E-state index in [1.165, 1.54) is 24.7 Å². The number of aromatic nitrogens is 4. The Morgan fingerprint density at radius 2 is 1.91 bits per heavy atom. The number of fused-ring (bicyclic) bond motifs is 1. The smallest absolute Gasteiger partial charge is 0.464 e. The molecule has 0 aliphatic carbocycles. The molecule has 2 aromatic heterocycles. The number of Topliss-reactive ketones (excluding diaryl/α,β-unsaturated/α-hetero) is 1. The number of hydrogen-bond donors (Lipinski definition) is 5. The molecular formula is C25H40ClN5O13P2. The zero-order valence-electron chi connectivity index (χ0n) is 25.7. The lowest BCUT2D eigenvalue weighted by Crippen LogP contribution is -2.35. The van der Waals surface area contributed by atoms with Crippen LogP contribution >= 0.6 is 27.2 Å². The maximum absolute atomic E-state index is 13.6. The first-order chi connectivity index (χ1) is 21.6. The number of imidazole rings is 1. The zero-order valence-corrected chi connectivity index (χ0v) is 28.3. The quantitative estimate of drug-likeness (QED) is 0.0602. The van der Waals surface area contributed by atoms with Gasteiger partial charge in [-0.25, -0.2) is 24.2 Å². The lowest BCUT2D eigenvalue weighted by Gasteiger charge is -2.25. The Bertz CT molecular complexity index is 1500. The van der Waals surface area contributed by atoms with Gasteiger partial charge in [-0.3, -0.25) is 28.0 Å². The number of aliphatic hydroxyl groups is 2. The maximum atomic E-state index is 13.6. The average molecular weight is 716 g/mol. The highest BCUT2D eigenvalue weighted by molar-refractivity contribution is 7.63. The van der Waals surface area contributed by atoms with Gasteiger partial charge in [-0.1, -0.05) is 26.7 Å². The summed E-state index contributed by atoms with van der Waals surface area (Å²) in [5.41, 5.74) is -0.528. The monoisotopic (exact) mass is 715 g/mol. The lowest BCUT2D eigenvalue weighted by molar-refractivity contribution is -0.146. The van der Waals surface area contributed by atoms with Crippen molar-refractivity contribution in [3.63, 3.8) is 0 Å². The first-order valence-electron chi connectivity index (χ1n) is 14.5. The number of aryl methyl sites for hydroxylation is 1. The Hall–Kier alpha value is -2.08. The van der Waals surface area contributed by atoms with Crippen molar-refractivity contribution in [3.8, 4) is 0 Å². The van der Waals surface area contributed by atoms with E-state index >= 15 is 0 Å². The predicted octanol–water partition coefficient (Wildman–Crippen LogP) is 1.85. The third-order valence-corrected chi connectivity index (χ3v) is 10.8. The van der Waals surface area contributed by atoms with E-state index < -0.39 is 70.9 Å². The van der Waals surface area contributed by atoms with Gasteiger partial charge in [0.05, 0.1) is 32.0 Å². The van der Waals surface area contributed by atoms with Crippen LogP contribution in [0.5, 0.6) is 0 Å². The molecule has 1 aliphatic rings. The first-order valence-corrected chi connectivity index (χ1v) is 18.1. The fourth-order valence-corrected chi connectivity index (χ4v) is 7.54. The van der Waals surface area contributed by atoms with Crippen LogP contribution in [0.25, 0.3) is 11.2 Å². The fourth-order valence-electron chi connectivity index (χ4n) is 4.39. The molecule has 1 saturated heterocycles. The number of esters is 1. The summed E-state index contributed by atoms with van der Waals surface area (Å²) in [6.07, 6.45) is -3.33. The molecule has 0 saturated carbocycles. The maximum Gasteiger partial charge on any atom is 0.480 e. The Labute approximate surface area is 269 Å². The summed E-state index contributed by atoms with van der Waals surface area (Å²) in [5.74, 6) is -1.04. The molecule has 5 N–H and O–H groups in total. The van der Waals surface area contributed by atoms with Crippen LogP contribution in [0.1, 0.15) is 58.5 Å². The highest BCUT2D eigenvalue weighted by atomic mass is 35.5. The number of carbonyl (C=O) groups excluding carboxylic acids is 2. The summed E-state index contributed by atoms with van der Waals surface area (Å²) < 4.78 is 53.7. The van der Waals surface area contributed by atoms with Gasteiger partial charge in [0.25, 0.3) is 5.56 Å². The molecule has 0 radical (unpaired) electrons. The van der Waals surface area contributed by atoms with Crippen LogP contribution in [-0.4, -0.2) is 96.4 Å². The summed E-state index contributed by atoms with van der Waals surface area (Å²) in [7, 11) is -10.1. The van der Waals surface area contributed by atoms with Gasteiger partial charge in [-0.05, 0) is 26.2 Å². The third kappa shape index (κ3) is 10.2. The van der Waals surface area contributed by atoms with Crippen LogP contribution in [0.2, 0.25) is 0 Å². The van der Waals surface area contributed by atoms with E-state index in [2.05, 4.69) is 20.0 Å². The van der Waals surface area contributed by atoms with E-state index in [9.17, 15) is 38.6 Å². The van der Waals surface area contributed by atoms with Crippen molar-refractivity contribution in [2.45, 2.75) is 84.0 Å². The number of hydrogen-bond acceptors (Lipinski definition) is 14. The largest absolute Gasteiger partial charge is 0.480 e. The van der Waals surface area contributed by atoms with Crippen LogP contribution in [-0.2, 0) is 41.6 Å². The second-order valence-corrected chi connectivity index (χ2v) is 14.3. The topological polar surface area (TPSA) is 251 Å². The summed E-state index contributed by atoms with van der Waals surface area (Å²) in [4.78, 5) is 57.3. The summed E-state index contributed by atoms with van der Waals surface area (Å²) in [6, 6.07) is -1.32. The molecule has 3 heterocycles. The summed E-state index contributed by atoms with van der Waals surface area (Å²) in [6.45, 7) is 5.54. The van der Waals surface area contributed by atoms with Crippen LogP contribution in [0.15, 0.2) is 11.1 Å². The number of phosphoric acid groups is 1. The molecule has 1 fully saturated rings. The third-order valence-electron chi connectivity index (χ3n) is 7.11. The number of aliphatic hydroxyl groups excluding tert-OH is 2. The molecule has 7 atom stereocenters. The molecule has 3 rings (SSSR count). The van der Waals surface area contributed by atoms with Gasteiger partial charge < -0.3 is 29.6 Å². The molecule has 18 nitrogen and oxygen atoms in total. The lowest BCUT2D eigenvalue weighted by atomic mass is 10.1. The molecule has 2 unspecified atom stereocenters. The molecule has 0 bridgehead atoms. The van der Waals surface area contributed by atoms with Crippen molar-refractivity contribution < 1.29 is 56.7 Å². The van der Waals surface area contributed by atoms with Crippen molar-refractivity contribution in [1.29, 1.82) is 0 Å². The highest BCUT2D eigenvalue weighted by Gasteiger charge is 2.46. The van der Waals surface area contributed by atoms with Crippen LogP contribution in [0.3, 0.4) is 0 Å². The number of ether oxygens (including phenoxy) is 2. The number of ketones is 1. The van der Waals surface area contributed by atoms with Crippen molar-refractivity contribution >= 4 is 50.1 Å². The van der Waals surface area contributed by atoms with E-state index in [0.29, 0.717) is 0 Å². The Kier molecular flexibility index (Phi) is 14.0. The summed E-state index contributed by atoms with van der Waals surface area (Å²) >= 11 is 5.48. The predicted molar refractivity (Wildman–Crippen MR) is 162 cm³/mol. The number of alkyl halides is 1. The van der Waals surface area contributed by atoms with Crippen molar-refractivity contribution in [3.05, 3.63) is 22.5 Å². The van der Waals surface area contributed by atoms with E-state index in [0.717, 1.165) is 12.8 Å². The number of halogens is 1. The molecule has 21 heteroatoms. The minimum atomic E-state index is -5.29. The highest BCUT2D eigenvalue weighted by Crippen LogP contribution is 2.61. The van der Waals surface area contributed by atoms with E-state index in [4.69, 9.17) is 34.4 Å². The minimum absolute atomic E-state index is 0.0231. The number of rotatable bonds is 19. The second-order valence-electron chi connectivity index (χ2n) is 10.6. The number of aromatic amines is 1. The molecule has 0 amide bonds. The standard InChI is InChI=1S/C25H40ClN5O13P2/c1-5-16(6-2)11-40-25(36)14(3)30-45(37,41-9-7-8-17(32)10-26)44-46(38,39)42-12-18-20(33)21(34)24(43-18)31-13-27-19-22(31)28-15(4)29-23(19)35/h13-14,16,18,20-21,24,33-34H,5-12H2,1-4H3,(H,30,37)(H,38,39)(H,28,29,35)/t14-,18+,20+,21+,24+,45?/m0/s1. The molecule has 260 valence electrons. The zero-order chi connectivity index (χ0) is 34.2. The molecule has 0 spiro atoms. The van der Waals surface area contributed by atoms with Crippen molar-refractivity contribution in [1.82, 2.24) is 24.6 Å². The number of nitrogens with one attached hydrogen (secondary N) is 2. The minimum Gasteiger partial charge on any atom is -0.464 e. The Morgan fingerprint density at radius 3 is 2.57 bits per heavy atom. The number of carbonyl (C=O) groups is 2. The van der Waals surface area contributed by atoms with Gasteiger partial charge in [-0.2, -0.15) is 4.31 Å². The van der Waals surface area contributed by atoms with E-state index in [-0.39, 0.29) is 54.0 Å². The molecule has 1 aliphatic heterocycles. The van der Waals surface area contributed by atoms with Gasteiger partial charge in [-0.15, -0.1) is 11.6 Å². The van der Waals surface area contributed by atoms with Gasteiger partial charge in [0, 0.05) is 6.42 Å². The number of H-pyrrole nitrogens is 1. The molecule has 0 aromatic carbocycles. The van der Waals surface area contributed by atoms with Crippen molar-refractivity contribution in [2.24, 2.45) is 5.92 Å². The van der Waals surface area contributed by atoms with Crippen LogP contribution in [0, 0.1) is 12.8 Å². The van der Waals surface area contributed by atoms with Gasteiger partial charge in [0.2, 0.25) is 0 Å². The summed E-state index contributed by atoms with van der Waals surface area (Å²) in [5, 5.41) is 23.5. The Balaban J connectivity index is 1.69. The fraction of sp³-hybridized carbons (Fsp3) is 0.720. The molecule has 2 aromatic rings. The first kappa shape index (κ1) is 38.4. The molecule has 46 heavy (non-hydrogen) atoms. The number of nitrogens with zero attached hydrogens (tertiary/aromatic N) is 3. The van der Waals surface area contributed by atoms with Gasteiger partial charge >= 0.3 is 21.5 Å². The Morgan fingerprint density at radius 1 is 1.22 bits per heavy atom. The van der Waals surface area contributed by atoms with Gasteiger partial charge in [0.1, 0.15) is 36.0 Å². The normalized spacial score (nSPS) is 23.3. The van der Waals surface area contributed by atoms with E-state index in [1.54, 1.807) is 0 Å². The second kappa shape index (κ2) is 16.8. The van der Waals surface area contributed by atoms with Gasteiger partial charge in [0.15, 0.2) is 17.4 Å². The van der Waals surface area contributed by atoms with Crippen molar-refractivity contribution in [2.75, 3.05) is 25.7 Å². The van der Waals surface area contributed by atoms with Crippen LogP contribution in [0.4, 0.5) is 0 Å². The van der Waals surface area contributed by atoms with Crippen LogP contribution < -0.4 is 10.6 Å². The number of phosphoric ester groups is 1. The molecular weight excluding hydrogens is 676 g/mol. The average Bonchev–Trinajstić information content (AvgIpc) is 3.54. The van der Waals surface area contributed by atoms with E-state index in [1.807, 2.05) is 13.8 Å². The SMILES string of the molecule is CCC(CC)COC(=O)[C@H](C)NP(=O)(OCCCC(=O)CCl)OP(=O)(O)OC[C@H]1O[C@@H](n2cnc3c(=O)[nH]c(C)nc32)[C@H](O)[C@@H]1O.